The lowest BCUT2D eigenvalue weighted by Crippen LogP contribution is -2.38. The molecule has 0 bridgehead atoms. The summed E-state index contributed by atoms with van der Waals surface area (Å²) in [4.78, 5) is 24.4. The Labute approximate surface area is 167 Å². The molecule has 3 N–H and O–H groups in total. The van der Waals surface area contributed by atoms with Crippen molar-refractivity contribution in [2.45, 2.75) is 63.7 Å². The minimum Gasteiger partial charge on any atom is -0.469 e. The zero-order chi connectivity index (χ0) is 19.3. The van der Waals surface area contributed by atoms with Gasteiger partial charge in [0.2, 0.25) is 5.91 Å². The summed E-state index contributed by atoms with van der Waals surface area (Å²) in [7, 11) is 1.34. The number of carbonyl (C=O) groups is 2. The number of esters is 1. The van der Waals surface area contributed by atoms with Crippen molar-refractivity contribution in [3.63, 3.8) is 0 Å². The van der Waals surface area contributed by atoms with Crippen molar-refractivity contribution in [2.75, 3.05) is 13.7 Å². The summed E-state index contributed by atoms with van der Waals surface area (Å²) in [5.74, 6) is -0.586. The highest BCUT2D eigenvalue weighted by molar-refractivity contribution is 5.85. The van der Waals surface area contributed by atoms with Gasteiger partial charge in [-0.2, -0.15) is 0 Å². The van der Waals surface area contributed by atoms with Crippen molar-refractivity contribution in [3.8, 4) is 0 Å². The number of carbonyl (C=O) groups excluding carboxylic acids is 2. The Morgan fingerprint density at radius 3 is 2.37 bits per heavy atom. The molecule has 7 heteroatoms. The first kappa shape index (κ1) is 23.4. The first-order valence-corrected chi connectivity index (χ1v) is 9.07. The molecule has 1 saturated heterocycles. The minimum atomic E-state index is -0.516. The number of rotatable bonds is 6. The van der Waals surface area contributed by atoms with Gasteiger partial charge in [-0.1, -0.05) is 45.0 Å². The van der Waals surface area contributed by atoms with Crippen molar-refractivity contribution in [1.82, 2.24) is 5.32 Å². The molecule has 1 aliphatic rings. The summed E-state index contributed by atoms with van der Waals surface area (Å²) in [6.07, 6.45) is 0.899. The molecule has 1 aromatic rings. The molecule has 1 fully saturated rings. The van der Waals surface area contributed by atoms with E-state index in [4.69, 9.17) is 15.2 Å². The quantitative estimate of drug-likeness (QED) is 0.719. The molecule has 2 rings (SSSR count). The van der Waals surface area contributed by atoms with Crippen LogP contribution in [0.25, 0.3) is 0 Å². The first-order valence-electron chi connectivity index (χ1n) is 9.07. The Morgan fingerprint density at radius 1 is 1.26 bits per heavy atom. The third kappa shape index (κ3) is 6.48. The van der Waals surface area contributed by atoms with Crippen LogP contribution in [0.1, 0.15) is 57.2 Å². The molecular weight excluding hydrogens is 368 g/mol. The SMILES string of the molecule is COC(=O)CC(NC(=O)[C@@H]1CC[C@H](CN)O1)c1ccc(C(C)(C)C)cc1.Cl. The molecule has 3 atom stereocenters. The number of methoxy groups -OCH3 is 1. The van der Waals surface area contributed by atoms with Crippen LogP contribution in [0, 0.1) is 0 Å². The van der Waals surface area contributed by atoms with E-state index in [2.05, 4.69) is 26.1 Å². The van der Waals surface area contributed by atoms with Crippen LogP contribution < -0.4 is 11.1 Å². The van der Waals surface area contributed by atoms with E-state index < -0.39 is 12.1 Å². The lowest BCUT2D eigenvalue weighted by molar-refractivity contribution is -0.141. The van der Waals surface area contributed by atoms with Gasteiger partial charge >= 0.3 is 5.97 Å². The Hall–Kier alpha value is -1.63. The number of halogens is 1. The molecule has 6 nitrogen and oxygen atoms in total. The smallest absolute Gasteiger partial charge is 0.307 e. The van der Waals surface area contributed by atoms with E-state index in [1.807, 2.05) is 24.3 Å². The second-order valence-electron chi connectivity index (χ2n) is 7.77. The van der Waals surface area contributed by atoms with Crippen molar-refractivity contribution in [1.29, 1.82) is 0 Å². The van der Waals surface area contributed by atoms with Crippen molar-refractivity contribution in [3.05, 3.63) is 35.4 Å². The molecule has 27 heavy (non-hydrogen) atoms. The van der Waals surface area contributed by atoms with E-state index in [1.165, 1.54) is 12.7 Å². The topological polar surface area (TPSA) is 90.7 Å². The van der Waals surface area contributed by atoms with E-state index in [0.29, 0.717) is 13.0 Å². The maximum Gasteiger partial charge on any atom is 0.307 e. The Kier molecular flexibility index (Phi) is 8.72. The van der Waals surface area contributed by atoms with Gasteiger partial charge in [-0.05, 0) is 29.4 Å². The maximum atomic E-state index is 12.6. The zero-order valence-electron chi connectivity index (χ0n) is 16.5. The van der Waals surface area contributed by atoms with Gasteiger partial charge < -0.3 is 20.5 Å². The molecule has 0 aromatic heterocycles. The van der Waals surface area contributed by atoms with Crippen LogP contribution in [0.3, 0.4) is 0 Å². The fraction of sp³-hybridized carbons (Fsp3) is 0.600. The van der Waals surface area contributed by atoms with Crippen LogP contribution in [-0.2, 0) is 24.5 Å². The number of nitrogens with one attached hydrogen (secondary N) is 1. The lowest BCUT2D eigenvalue weighted by Gasteiger charge is -2.23. The van der Waals surface area contributed by atoms with E-state index >= 15 is 0 Å². The molecule has 152 valence electrons. The Balaban J connectivity index is 0.00000364. The number of nitrogens with two attached hydrogens (primary N) is 1. The number of hydrogen-bond donors (Lipinski definition) is 2. The molecule has 0 saturated carbocycles. The standard InChI is InChI=1S/C20H30N2O4.ClH/c1-20(2,3)14-7-5-13(6-8-14)16(11-18(23)25-4)22-19(24)17-10-9-15(12-21)26-17;/h5-8,15-17H,9-12,21H2,1-4H3,(H,22,24);1H/t15-,16?,17+;/m1./s1. The Morgan fingerprint density at radius 2 is 1.89 bits per heavy atom. The Bertz CT molecular complexity index is 628. The molecule has 0 radical (unpaired) electrons. The molecule has 1 aliphatic heterocycles. The van der Waals surface area contributed by atoms with Crippen LogP contribution in [0.2, 0.25) is 0 Å². The van der Waals surface area contributed by atoms with Gasteiger partial charge in [-0.3, -0.25) is 9.59 Å². The predicted molar refractivity (Wildman–Crippen MR) is 107 cm³/mol. The van der Waals surface area contributed by atoms with Gasteiger partial charge in [0.1, 0.15) is 6.10 Å². The summed E-state index contributed by atoms with van der Waals surface area (Å²) >= 11 is 0. The summed E-state index contributed by atoms with van der Waals surface area (Å²) in [5, 5.41) is 2.94. The van der Waals surface area contributed by atoms with Crippen LogP contribution >= 0.6 is 12.4 Å². The average molecular weight is 399 g/mol. The molecule has 0 aliphatic carbocycles. The highest BCUT2D eigenvalue weighted by Crippen LogP contribution is 2.26. The summed E-state index contributed by atoms with van der Waals surface area (Å²) in [6.45, 7) is 6.83. The average Bonchev–Trinajstić information content (AvgIpc) is 3.09. The van der Waals surface area contributed by atoms with Gasteiger partial charge in [0.15, 0.2) is 0 Å². The minimum absolute atomic E-state index is 0. The fourth-order valence-corrected chi connectivity index (χ4v) is 3.05. The number of benzene rings is 1. The largest absolute Gasteiger partial charge is 0.469 e. The van der Waals surface area contributed by atoms with Gasteiger partial charge in [-0.25, -0.2) is 0 Å². The van der Waals surface area contributed by atoms with E-state index in [-0.39, 0.29) is 42.2 Å². The first-order chi connectivity index (χ1) is 12.2. The summed E-state index contributed by atoms with van der Waals surface area (Å²) in [5.41, 5.74) is 7.69. The van der Waals surface area contributed by atoms with E-state index in [1.54, 1.807) is 0 Å². The van der Waals surface area contributed by atoms with Gasteiger partial charge in [-0.15, -0.1) is 12.4 Å². The van der Waals surface area contributed by atoms with E-state index in [0.717, 1.165) is 12.0 Å². The van der Waals surface area contributed by atoms with Crippen molar-refractivity contribution < 1.29 is 19.1 Å². The number of amides is 1. The third-order valence-electron chi connectivity index (χ3n) is 4.76. The molecule has 1 unspecified atom stereocenters. The summed E-state index contributed by atoms with van der Waals surface area (Å²) < 4.78 is 10.4. The molecule has 0 spiro atoms. The van der Waals surface area contributed by atoms with Gasteiger partial charge in [0, 0.05) is 6.54 Å². The van der Waals surface area contributed by atoms with Crippen molar-refractivity contribution in [2.24, 2.45) is 5.73 Å². The maximum absolute atomic E-state index is 12.6. The number of ether oxygens (including phenoxy) is 2. The predicted octanol–water partition coefficient (Wildman–Crippen LogP) is 2.63. The van der Waals surface area contributed by atoms with Crippen LogP contribution in [0.4, 0.5) is 0 Å². The van der Waals surface area contributed by atoms with Crippen LogP contribution in [-0.4, -0.2) is 37.7 Å². The molecule has 1 aromatic carbocycles. The fourth-order valence-electron chi connectivity index (χ4n) is 3.05. The molecule has 1 amide bonds. The van der Waals surface area contributed by atoms with Crippen LogP contribution in [0.5, 0.6) is 0 Å². The normalized spacial score (nSPS) is 20.5. The molecule has 1 heterocycles. The monoisotopic (exact) mass is 398 g/mol. The van der Waals surface area contributed by atoms with Gasteiger partial charge in [0.25, 0.3) is 0 Å². The highest BCUT2D eigenvalue weighted by atomic mass is 35.5. The highest BCUT2D eigenvalue weighted by Gasteiger charge is 2.31. The number of hydrogen-bond acceptors (Lipinski definition) is 5. The van der Waals surface area contributed by atoms with Gasteiger partial charge in [0.05, 0.1) is 25.7 Å². The van der Waals surface area contributed by atoms with Crippen LogP contribution in [0.15, 0.2) is 24.3 Å². The lowest BCUT2D eigenvalue weighted by atomic mass is 9.86. The zero-order valence-corrected chi connectivity index (χ0v) is 17.3. The second kappa shape index (κ2) is 10.1. The second-order valence-corrected chi connectivity index (χ2v) is 7.77. The van der Waals surface area contributed by atoms with E-state index in [9.17, 15) is 9.59 Å². The summed E-state index contributed by atoms with van der Waals surface area (Å²) in [6, 6.07) is 7.51. The van der Waals surface area contributed by atoms with Crippen molar-refractivity contribution >= 4 is 24.3 Å². The third-order valence-corrected chi connectivity index (χ3v) is 4.76. The molecular formula is C20H31ClN2O4.